The Morgan fingerprint density at radius 2 is 2.00 bits per heavy atom. The van der Waals surface area contributed by atoms with Crippen molar-refractivity contribution in [2.24, 2.45) is 0 Å². The summed E-state index contributed by atoms with van der Waals surface area (Å²) in [5.74, 6) is -0.357. The number of nitrogens with zero attached hydrogens (tertiary/aromatic N) is 1. The van der Waals surface area contributed by atoms with Crippen molar-refractivity contribution < 1.29 is 13.9 Å². The predicted octanol–water partition coefficient (Wildman–Crippen LogP) is 3.48. The van der Waals surface area contributed by atoms with Gasteiger partial charge in [0.15, 0.2) is 11.6 Å². The summed E-state index contributed by atoms with van der Waals surface area (Å²) in [6.45, 7) is 0. The summed E-state index contributed by atoms with van der Waals surface area (Å²) < 4.78 is 18.8. The Kier molecular flexibility index (Phi) is 5.80. The molecule has 0 aliphatic heterocycles. The molecule has 26 heavy (non-hydrogen) atoms. The summed E-state index contributed by atoms with van der Waals surface area (Å²) in [5, 5.41) is 14.8. The molecule has 1 amide bonds. The molecule has 7 heteroatoms. The summed E-state index contributed by atoms with van der Waals surface area (Å²) in [5.41, 5.74) is 2.11. The van der Waals surface area contributed by atoms with Gasteiger partial charge < -0.3 is 10.1 Å². The van der Waals surface area contributed by atoms with E-state index in [0.29, 0.717) is 16.4 Å². The standard InChI is InChI=1S/C19H18FN2O2PS/c1-24-17-5-3-11(6-16(17)20)12-2-4-15(18(25)7-12)19(23)22-13-8-14(9-13)26-10-21/h2-7,13-14H,8-9,25H2,1H3,(H,22,23). The molecule has 1 aliphatic carbocycles. The number of hydrogen-bond donors (Lipinski definition) is 1. The lowest BCUT2D eigenvalue weighted by Gasteiger charge is -2.33. The van der Waals surface area contributed by atoms with Crippen LogP contribution in [-0.2, 0) is 0 Å². The van der Waals surface area contributed by atoms with Crippen molar-refractivity contribution in [2.45, 2.75) is 24.1 Å². The normalized spacial score (nSPS) is 18.5. The lowest BCUT2D eigenvalue weighted by atomic mass is 9.92. The quantitative estimate of drug-likeness (QED) is 0.629. The van der Waals surface area contributed by atoms with Crippen LogP contribution >= 0.6 is 21.0 Å². The zero-order valence-electron chi connectivity index (χ0n) is 14.2. The van der Waals surface area contributed by atoms with Gasteiger partial charge in [0.05, 0.1) is 7.11 Å². The molecule has 1 aliphatic rings. The van der Waals surface area contributed by atoms with Crippen molar-refractivity contribution in [3.63, 3.8) is 0 Å². The summed E-state index contributed by atoms with van der Waals surface area (Å²) in [6.07, 6.45) is 1.64. The number of thiocyanates is 1. The van der Waals surface area contributed by atoms with Crippen molar-refractivity contribution in [3.05, 3.63) is 47.8 Å². The number of methoxy groups -OCH3 is 1. The van der Waals surface area contributed by atoms with E-state index in [1.165, 1.54) is 24.9 Å². The molecule has 1 atom stereocenters. The zero-order valence-corrected chi connectivity index (χ0v) is 16.1. The highest BCUT2D eigenvalue weighted by Crippen LogP contribution is 2.31. The van der Waals surface area contributed by atoms with E-state index in [-0.39, 0.29) is 17.7 Å². The van der Waals surface area contributed by atoms with E-state index in [1.54, 1.807) is 24.3 Å². The zero-order chi connectivity index (χ0) is 18.7. The van der Waals surface area contributed by atoms with E-state index >= 15 is 0 Å². The van der Waals surface area contributed by atoms with E-state index < -0.39 is 5.82 Å². The summed E-state index contributed by atoms with van der Waals surface area (Å²) in [6, 6.07) is 10.3. The number of rotatable bonds is 5. The van der Waals surface area contributed by atoms with Gasteiger partial charge in [-0.05, 0) is 65.3 Å². The third-order valence-corrected chi connectivity index (χ3v) is 5.73. The second-order valence-electron chi connectivity index (χ2n) is 6.12. The van der Waals surface area contributed by atoms with E-state index in [1.807, 2.05) is 6.07 Å². The molecule has 0 bridgehead atoms. The number of carbonyl (C=O) groups is 1. The van der Waals surface area contributed by atoms with E-state index in [4.69, 9.17) is 10.00 Å². The molecule has 134 valence electrons. The number of nitriles is 1. The number of halogens is 1. The first-order chi connectivity index (χ1) is 12.5. The Morgan fingerprint density at radius 1 is 1.31 bits per heavy atom. The van der Waals surface area contributed by atoms with Crippen LogP contribution in [0.5, 0.6) is 5.75 Å². The number of ether oxygens (including phenoxy) is 1. The number of hydrogen-bond acceptors (Lipinski definition) is 4. The average molecular weight is 388 g/mol. The molecule has 0 aromatic heterocycles. The van der Waals surface area contributed by atoms with Crippen molar-refractivity contribution in [2.75, 3.05) is 7.11 Å². The molecule has 0 radical (unpaired) electrons. The first kappa shape index (κ1) is 18.7. The largest absolute Gasteiger partial charge is 0.494 e. The van der Waals surface area contributed by atoms with Crippen LogP contribution in [0.1, 0.15) is 23.2 Å². The maximum atomic E-state index is 13.9. The highest BCUT2D eigenvalue weighted by Gasteiger charge is 2.31. The van der Waals surface area contributed by atoms with Crippen LogP contribution in [0.4, 0.5) is 4.39 Å². The fourth-order valence-corrected chi connectivity index (χ4v) is 4.13. The van der Waals surface area contributed by atoms with Crippen LogP contribution in [0.15, 0.2) is 36.4 Å². The van der Waals surface area contributed by atoms with Gasteiger partial charge in [0.2, 0.25) is 0 Å². The fourth-order valence-electron chi connectivity index (χ4n) is 2.91. The van der Waals surface area contributed by atoms with Gasteiger partial charge in [-0.3, -0.25) is 4.79 Å². The Balaban J connectivity index is 1.71. The Bertz CT molecular complexity index is 878. The third kappa shape index (κ3) is 4.00. The second-order valence-corrected chi connectivity index (χ2v) is 7.83. The molecule has 2 aromatic rings. The van der Waals surface area contributed by atoms with Crippen LogP contribution < -0.4 is 15.4 Å². The molecule has 3 rings (SSSR count). The Morgan fingerprint density at radius 3 is 2.62 bits per heavy atom. The van der Waals surface area contributed by atoms with Gasteiger partial charge in [-0.25, -0.2) is 4.39 Å². The summed E-state index contributed by atoms with van der Waals surface area (Å²) in [7, 11) is 3.99. The Labute approximate surface area is 158 Å². The highest BCUT2D eigenvalue weighted by atomic mass is 32.2. The molecule has 4 nitrogen and oxygen atoms in total. The van der Waals surface area contributed by atoms with E-state index in [2.05, 4.69) is 20.0 Å². The topological polar surface area (TPSA) is 62.1 Å². The van der Waals surface area contributed by atoms with Crippen molar-refractivity contribution in [1.82, 2.24) is 5.32 Å². The van der Waals surface area contributed by atoms with Crippen LogP contribution in [-0.4, -0.2) is 24.3 Å². The van der Waals surface area contributed by atoms with Crippen LogP contribution in [0, 0.1) is 16.5 Å². The maximum absolute atomic E-state index is 13.9. The van der Waals surface area contributed by atoms with E-state index in [9.17, 15) is 9.18 Å². The van der Waals surface area contributed by atoms with Gasteiger partial charge in [0.1, 0.15) is 5.40 Å². The average Bonchev–Trinajstić information content (AvgIpc) is 2.59. The Hall–Kier alpha value is -2.09. The SMILES string of the molecule is COc1ccc(-c2ccc(C(=O)NC3CC(SC#N)C3)c(P)c2)cc1F. The van der Waals surface area contributed by atoms with Gasteiger partial charge in [-0.1, -0.05) is 12.1 Å². The summed E-state index contributed by atoms with van der Waals surface area (Å²) in [4.78, 5) is 12.4. The molecule has 0 spiro atoms. The summed E-state index contributed by atoms with van der Waals surface area (Å²) >= 11 is 1.26. The smallest absolute Gasteiger partial charge is 0.252 e. The highest BCUT2D eigenvalue weighted by molar-refractivity contribution is 8.04. The van der Waals surface area contributed by atoms with Gasteiger partial charge in [0, 0.05) is 16.9 Å². The van der Waals surface area contributed by atoms with Crippen molar-refractivity contribution in [1.29, 1.82) is 5.26 Å². The van der Waals surface area contributed by atoms with Gasteiger partial charge in [-0.2, -0.15) is 5.26 Å². The first-order valence-corrected chi connectivity index (χ1v) is 9.56. The van der Waals surface area contributed by atoms with Crippen LogP contribution in [0.2, 0.25) is 0 Å². The minimum atomic E-state index is -0.424. The molecular weight excluding hydrogens is 370 g/mol. The molecular formula is C19H18FN2O2PS. The maximum Gasteiger partial charge on any atom is 0.252 e. The molecule has 2 aromatic carbocycles. The second kappa shape index (κ2) is 8.07. The minimum absolute atomic E-state index is 0.119. The predicted molar refractivity (Wildman–Crippen MR) is 105 cm³/mol. The molecule has 1 unspecified atom stereocenters. The molecule has 1 saturated carbocycles. The molecule has 0 saturated heterocycles. The van der Waals surface area contributed by atoms with Crippen molar-refractivity contribution >= 4 is 32.2 Å². The monoisotopic (exact) mass is 388 g/mol. The number of thioether (sulfide) groups is 1. The number of carbonyl (C=O) groups excluding carboxylic acids is 1. The number of amides is 1. The molecule has 1 fully saturated rings. The van der Waals surface area contributed by atoms with Crippen molar-refractivity contribution in [3.8, 4) is 22.3 Å². The minimum Gasteiger partial charge on any atom is -0.494 e. The lowest BCUT2D eigenvalue weighted by Crippen LogP contribution is -2.46. The van der Waals surface area contributed by atoms with Gasteiger partial charge >= 0.3 is 0 Å². The molecule has 0 heterocycles. The lowest BCUT2D eigenvalue weighted by molar-refractivity contribution is 0.0920. The number of benzene rings is 2. The third-order valence-electron chi connectivity index (χ3n) is 4.43. The number of nitrogens with one attached hydrogen (secondary N) is 1. The molecule has 1 N–H and O–H groups in total. The van der Waals surface area contributed by atoms with Crippen LogP contribution in [0.25, 0.3) is 11.1 Å². The first-order valence-electron chi connectivity index (χ1n) is 8.11. The van der Waals surface area contributed by atoms with E-state index in [0.717, 1.165) is 23.7 Å². The fraction of sp³-hybridized carbons (Fsp3) is 0.263. The van der Waals surface area contributed by atoms with Gasteiger partial charge in [-0.15, -0.1) is 9.24 Å². The van der Waals surface area contributed by atoms with Gasteiger partial charge in [0.25, 0.3) is 5.91 Å². The van der Waals surface area contributed by atoms with Crippen LogP contribution in [0.3, 0.4) is 0 Å².